The summed E-state index contributed by atoms with van der Waals surface area (Å²) in [5.74, 6) is 1.36. The van der Waals surface area contributed by atoms with Crippen LogP contribution in [0, 0.1) is 5.92 Å². The number of ether oxygens (including phenoxy) is 2. The van der Waals surface area contributed by atoms with Gasteiger partial charge < -0.3 is 20.1 Å². The summed E-state index contributed by atoms with van der Waals surface area (Å²) >= 11 is 0. The topological polar surface area (TPSA) is 54.9 Å². The lowest BCUT2D eigenvalue weighted by Crippen LogP contribution is -2.44. The molecule has 0 aromatic rings. The number of hydrogen-bond donors (Lipinski definition) is 2. The first kappa shape index (κ1) is 23.2. The van der Waals surface area contributed by atoms with Crippen LogP contribution in [0.4, 0.5) is 0 Å². The molecule has 0 spiro atoms. The molecule has 0 saturated carbocycles. The maximum atomic E-state index is 5.73. The number of hydrogen-bond acceptors (Lipinski definition) is 3. The number of rotatable bonds is 10. The van der Waals surface area contributed by atoms with Gasteiger partial charge in [-0.2, -0.15) is 0 Å². The van der Waals surface area contributed by atoms with Crippen molar-refractivity contribution in [2.24, 2.45) is 10.9 Å². The zero-order valence-electron chi connectivity index (χ0n) is 14.4. The molecule has 0 aliphatic heterocycles. The summed E-state index contributed by atoms with van der Waals surface area (Å²) in [5, 5.41) is 6.58. The van der Waals surface area contributed by atoms with Crippen LogP contribution in [-0.4, -0.2) is 51.5 Å². The van der Waals surface area contributed by atoms with Crippen molar-refractivity contribution in [1.82, 2.24) is 10.6 Å². The van der Waals surface area contributed by atoms with Gasteiger partial charge in [0.25, 0.3) is 0 Å². The van der Waals surface area contributed by atoms with Gasteiger partial charge in [0.1, 0.15) is 0 Å². The minimum Gasteiger partial charge on any atom is -0.383 e. The molecular weight excluding hydrogens is 381 g/mol. The molecule has 5 nitrogen and oxygen atoms in total. The molecule has 0 fully saturated rings. The van der Waals surface area contributed by atoms with E-state index in [1.165, 1.54) is 0 Å². The smallest absolute Gasteiger partial charge is 0.191 e. The molecule has 0 radical (unpaired) electrons. The third-order valence-electron chi connectivity index (χ3n) is 2.95. The maximum Gasteiger partial charge on any atom is 0.191 e. The van der Waals surface area contributed by atoms with E-state index in [2.05, 4.69) is 43.3 Å². The van der Waals surface area contributed by atoms with E-state index < -0.39 is 0 Å². The molecular formula is C15H34IN3O2. The van der Waals surface area contributed by atoms with E-state index in [-0.39, 0.29) is 36.1 Å². The van der Waals surface area contributed by atoms with Crippen molar-refractivity contribution in [3.8, 4) is 0 Å². The number of methoxy groups -OCH3 is 1. The zero-order valence-corrected chi connectivity index (χ0v) is 16.8. The Morgan fingerprint density at radius 3 is 2.33 bits per heavy atom. The third kappa shape index (κ3) is 12.2. The molecule has 2 N–H and O–H groups in total. The van der Waals surface area contributed by atoms with Gasteiger partial charge >= 0.3 is 0 Å². The number of nitrogens with zero attached hydrogens (tertiary/aromatic N) is 1. The number of nitrogens with one attached hydrogen (secondary N) is 2. The third-order valence-corrected chi connectivity index (χ3v) is 2.95. The fourth-order valence-corrected chi connectivity index (χ4v) is 1.97. The van der Waals surface area contributed by atoms with Crippen LogP contribution in [0.3, 0.4) is 0 Å². The van der Waals surface area contributed by atoms with Crippen molar-refractivity contribution in [3.63, 3.8) is 0 Å². The van der Waals surface area contributed by atoms with Gasteiger partial charge in [-0.1, -0.05) is 13.8 Å². The second kappa shape index (κ2) is 14.8. The van der Waals surface area contributed by atoms with Gasteiger partial charge in [-0.15, -0.1) is 24.0 Å². The summed E-state index contributed by atoms with van der Waals surface area (Å²) in [7, 11) is 1.71. The van der Waals surface area contributed by atoms with Crippen LogP contribution >= 0.6 is 24.0 Å². The Bertz CT molecular complexity index is 263. The highest BCUT2D eigenvalue weighted by atomic mass is 127. The molecule has 0 aromatic carbocycles. The molecule has 0 aromatic heterocycles. The number of halogens is 1. The Kier molecular flexibility index (Phi) is 16.4. The van der Waals surface area contributed by atoms with Gasteiger partial charge in [0.05, 0.1) is 12.7 Å². The van der Waals surface area contributed by atoms with Crippen LogP contribution in [0.2, 0.25) is 0 Å². The van der Waals surface area contributed by atoms with Gasteiger partial charge in [-0.25, -0.2) is 0 Å². The highest BCUT2D eigenvalue weighted by Crippen LogP contribution is 2.10. The molecule has 2 atom stereocenters. The molecule has 0 aliphatic carbocycles. The highest BCUT2D eigenvalue weighted by molar-refractivity contribution is 14.0. The Hall–Kier alpha value is -0.0800. The average Bonchev–Trinajstić information content (AvgIpc) is 2.37. The largest absolute Gasteiger partial charge is 0.383 e. The lowest BCUT2D eigenvalue weighted by atomic mass is 10.0. The van der Waals surface area contributed by atoms with Crippen LogP contribution in [0.1, 0.15) is 41.0 Å². The second-order valence-electron chi connectivity index (χ2n) is 5.29. The molecule has 21 heavy (non-hydrogen) atoms. The Balaban J connectivity index is 0. The minimum atomic E-state index is 0. The molecule has 6 heteroatoms. The molecule has 0 rings (SSSR count). The molecule has 128 valence electrons. The molecule has 0 saturated heterocycles. The van der Waals surface area contributed by atoms with Crippen LogP contribution < -0.4 is 10.6 Å². The summed E-state index contributed by atoms with van der Waals surface area (Å²) < 4.78 is 10.9. The highest BCUT2D eigenvalue weighted by Gasteiger charge is 2.12. The van der Waals surface area contributed by atoms with E-state index >= 15 is 0 Å². The van der Waals surface area contributed by atoms with Gasteiger partial charge in [0.15, 0.2) is 5.96 Å². The Morgan fingerprint density at radius 2 is 1.86 bits per heavy atom. The van der Waals surface area contributed by atoms with Crippen molar-refractivity contribution >= 4 is 29.9 Å². The summed E-state index contributed by atoms with van der Waals surface area (Å²) in [4.78, 5) is 4.60. The summed E-state index contributed by atoms with van der Waals surface area (Å²) in [6.07, 6.45) is 1.23. The molecule has 0 amide bonds. The van der Waals surface area contributed by atoms with Gasteiger partial charge in [0.2, 0.25) is 0 Å². The zero-order chi connectivity index (χ0) is 15.4. The number of guanidine groups is 1. The van der Waals surface area contributed by atoms with E-state index in [4.69, 9.17) is 9.47 Å². The average molecular weight is 415 g/mol. The van der Waals surface area contributed by atoms with Gasteiger partial charge in [0, 0.05) is 32.8 Å². The fraction of sp³-hybridized carbons (Fsp3) is 0.933. The predicted octanol–water partition coefficient (Wildman–Crippen LogP) is 2.65. The van der Waals surface area contributed by atoms with Crippen LogP contribution in [0.15, 0.2) is 4.99 Å². The maximum absolute atomic E-state index is 5.73. The van der Waals surface area contributed by atoms with Crippen molar-refractivity contribution in [3.05, 3.63) is 0 Å². The first-order chi connectivity index (χ1) is 9.54. The summed E-state index contributed by atoms with van der Waals surface area (Å²) in [6.45, 7) is 13.6. The normalized spacial score (nSPS) is 14.5. The van der Waals surface area contributed by atoms with Crippen LogP contribution in [0.5, 0.6) is 0 Å². The van der Waals surface area contributed by atoms with Crippen LogP contribution in [-0.2, 0) is 9.47 Å². The molecule has 0 bridgehead atoms. The predicted molar refractivity (Wildman–Crippen MR) is 101 cm³/mol. The first-order valence-corrected chi connectivity index (χ1v) is 7.70. The Morgan fingerprint density at radius 1 is 1.19 bits per heavy atom. The second-order valence-corrected chi connectivity index (χ2v) is 5.29. The standard InChI is InChI=1S/C15H33N3O2.HI/c1-7-16-15(18-13(5)11-19-6)17-10-9-14(12(3)4)20-8-2;/h12-14H,7-11H2,1-6H3,(H2,16,17,18);1H. The quantitative estimate of drug-likeness (QED) is 0.327. The van der Waals surface area contributed by atoms with E-state index in [1.807, 2.05) is 6.92 Å². The van der Waals surface area contributed by atoms with Gasteiger partial charge in [-0.3, -0.25) is 4.99 Å². The SMILES string of the molecule is CCNC(=NCCC(OCC)C(C)C)NC(C)COC.I. The lowest BCUT2D eigenvalue weighted by molar-refractivity contribution is 0.0266. The van der Waals surface area contributed by atoms with Crippen molar-refractivity contribution in [2.45, 2.75) is 53.2 Å². The van der Waals surface area contributed by atoms with Crippen molar-refractivity contribution in [1.29, 1.82) is 0 Å². The molecule has 2 unspecified atom stereocenters. The molecule has 0 aliphatic rings. The lowest BCUT2D eigenvalue weighted by Gasteiger charge is -2.21. The number of aliphatic imine (C=N–C) groups is 1. The van der Waals surface area contributed by atoms with Gasteiger partial charge in [-0.05, 0) is 33.1 Å². The Labute approximate surface area is 147 Å². The first-order valence-electron chi connectivity index (χ1n) is 7.70. The van der Waals surface area contributed by atoms with Crippen molar-refractivity contribution < 1.29 is 9.47 Å². The van der Waals surface area contributed by atoms with Crippen molar-refractivity contribution in [2.75, 3.05) is 33.4 Å². The summed E-state index contributed by atoms with van der Waals surface area (Å²) in [6, 6.07) is 0.241. The van der Waals surface area contributed by atoms with E-state index in [0.29, 0.717) is 12.5 Å². The van der Waals surface area contributed by atoms with Crippen LogP contribution in [0.25, 0.3) is 0 Å². The monoisotopic (exact) mass is 415 g/mol. The minimum absolute atomic E-state index is 0. The summed E-state index contributed by atoms with van der Waals surface area (Å²) in [5.41, 5.74) is 0. The van der Waals surface area contributed by atoms with E-state index in [0.717, 1.165) is 32.1 Å². The van der Waals surface area contributed by atoms with E-state index in [9.17, 15) is 0 Å². The fourth-order valence-electron chi connectivity index (χ4n) is 1.97. The van der Waals surface area contributed by atoms with E-state index in [1.54, 1.807) is 7.11 Å². The molecule has 0 heterocycles.